The number of Topliss-reactive ketones (excluding diaryl/α,β-unsaturated/α-hetero) is 1. The third-order valence-electron chi connectivity index (χ3n) is 2.54. The van der Waals surface area contributed by atoms with E-state index in [1.807, 2.05) is 0 Å². The number of carbonyl (C=O) groups is 2. The molecule has 0 amide bonds. The number of ether oxygens (including phenoxy) is 2. The summed E-state index contributed by atoms with van der Waals surface area (Å²) in [7, 11) is 1.26. The van der Waals surface area contributed by atoms with E-state index in [-0.39, 0.29) is 18.1 Å². The van der Waals surface area contributed by atoms with Crippen molar-refractivity contribution in [1.82, 2.24) is 0 Å². The van der Waals surface area contributed by atoms with Gasteiger partial charge in [-0.2, -0.15) is 0 Å². The van der Waals surface area contributed by atoms with Crippen LogP contribution in [-0.2, 0) is 19.1 Å². The van der Waals surface area contributed by atoms with Gasteiger partial charge >= 0.3 is 5.97 Å². The largest absolute Gasteiger partial charge is 0.468 e. The summed E-state index contributed by atoms with van der Waals surface area (Å²) in [4.78, 5) is 22.7. The summed E-state index contributed by atoms with van der Waals surface area (Å²) in [5, 5.41) is 0. The summed E-state index contributed by atoms with van der Waals surface area (Å²) in [6.07, 6.45) is 1.76. The Balaban J connectivity index is 2.36. The third-order valence-corrected chi connectivity index (χ3v) is 2.54. The van der Waals surface area contributed by atoms with Gasteiger partial charge in [0.05, 0.1) is 13.7 Å². The second-order valence-electron chi connectivity index (χ2n) is 3.71. The van der Waals surface area contributed by atoms with Crippen molar-refractivity contribution in [1.29, 1.82) is 0 Å². The van der Waals surface area contributed by atoms with E-state index in [0.29, 0.717) is 13.2 Å². The van der Waals surface area contributed by atoms with Crippen LogP contribution < -0.4 is 5.73 Å². The van der Waals surface area contributed by atoms with E-state index in [4.69, 9.17) is 10.5 Å². The molecular formula is C10H17NO4. The first-order chi connectivity index (χ1) is 7.15. The lowest BCUT2D eigenvalue weighted by Gasteiger charge is -2.21. The molecule has 5 nitrogen and oxygen atoms in total. The van der Waals surface area contributed by atoms with Crippen LogP contribution in [0, 0.1) is 5.92 Å². The molecule has 0 aliphatic carbocycles. The first-order valence-corrected chi connectivity index (χ1v) is 5.09. The lowest BCUT2D eigenvalue weighted by molar-refractivity contribution is -0.144. The fraction of sp³-hybridized carbons (Fsp3) is 0.800. The zero-order chi connectivity index (χ0) is 11.3. The molecule has 15 heavy (non-hydrogen) atoms. The zero-order valence-electron chi connectivity index (χ0n) is 8.90. The van der Waals surface area contributed by atoms with Gasteiger partial charge in [-0.05, 0) is 12.8 Å². The van der Waals surface area contributed by atoms with E-state index < -0.39 is 12.0 Å². The van der Waals surface area contributed by atoms with Gasteiger partial charge in [0.25, 0.3) is 0 Å². The molecule has 1 rings (SSSR count). The molecule has 0 spiro atoms. The first kappa shape index (κ1) is 12.1. The van der Waals surface area contributed by atoms with E-state index in [1.165, 1.54) is 7.11 Å². The Bertz CT molecular complexity index is 236. The van der Waals surface area contributed by atoms with Crippen molar-refractivity contribution in [2.75, 3.05) is 20.3 Å². The number of carbonyl (C=O) groups excluding carboxylic acids is 2. The first-order valence-electron chi connectivity index (χ1n) is 5.09. The molecular weight excluding hydrogens is 198 g/mol. The molecule has 1 aliphatic rings. The molecule has 0 aromatic heterocycles. The van der Waals surface area contributed by atoms with Crippen LogP contribution in [0.2, 0.25) is 0 Å². The van der Waals surface area contributed by atoms with Crippen LogP contribution in [0.4, 0.5) is 0 Å². The van der Waals surface area contributed by atoms with E-state index in [1.54, 1.807) is 0 Å². The van der Waals surface area contributed by atoms with Gasteiger partial charge < -0.3 is 15.2 Å². The van der Waals surface area contributed by atoms with Gasteiger partial charge in [0, 0.05) is 18.9 Å². The summed E-state index contributed by atoms with van der Waals surface area (Å²) in [6.45, 7) is 1.17. The van der Waals surface area contributed by atoms with Gasteiger partial charge in [-0.3, -0.25) is 9.59 Å². The molecule has 0 bridgehead atoms. The Hall–Kier alpha value is -0.940. The minimum Gasteiger partial charge on any atom is -0.468 e. The van der Waals surface area contributed by atoms with Gasteiger partial charge in [0.1, 0.15) is 11.8 Å². The lowest BCUT2D eigenvalue weighted by atomic mass is 9.93. The smallest absolute Gasteiger partial charge is 0.323 e. The number of hydrogen-bond donors (Lipinski definition) is 1. The topological polar surface area (TPSA) is 78.6 Å². The quantitative estimate of drug-likeness (QED) is 0.661. The summed E-state index contributed by atoms with van der Waals surface area (Å²) in [5.41, 5.74) is 5.50. The number of ketones is 1. The normalized spacial score (nSPS) is 23.2. The van der Waals surface area contributed by atoms with E-state index in [2.05, 4.69) is 4.74 Å². The molecule has 1 saturated heterocycles. The SMILES string of the molecule is COC(=O)C(N)CC(=O)C1CCCOC1. The Morgan fingerprint density at radius 1 is 1.60 bits per heavy atom. The highest BCUT2D eigenvalue weighted by Crippen LogP contribution is 2.16. The Kier molecular flexibility index (Phi) is 4.71. The Labute approximate surface area is 88.9 Å². The highest BCUT2D eigenvalue weighted by molar-refractivity contribution is 5.87. The van der Waals surface area contributed by atoms with Crippen LogP contribution >= 0.6 is 0 Å². The van der Waals surface area contributed by atoms with Crippen molar-refractivity contribution in [2.24, 2.45) is 11.7 Å². The molecule has 1 fully saturated rings. The van der Waals surface area contributed by atoms with E-state index in [9.17, 15) is 9.59 Å². The predicted octanol–water partition coefficient (Wildman–Crippen LogP) is -0.127. The van der Waals surface area contributed by atoms with Crippen molar-refractivity contribution >= 4 is 11.8 Å². The summed E-state index contributed by atoms with van der Waals surface area (Å²) >= 11 is 0. The number of methoxy groups -OCH3 is 1. The van der Waals surface area contributed by atoms with Gasteiger partial charge in [-0.1, -0.05) is 0 Å². The number of rotatable bonds is 4. The maximum absolute atomic E-state index is 11.7. The van der Waals surface area contributed by atoms with Crippen LogP contribution in [0.3, 0.4) is 0 Å². The highest BCUT2D eigenvalue weighted by atomic mass is 16.5. The van der Waals surface area contributed by atoms with Crippen molar-refractivity contribution < 1.29 is 19.1 Å². The molecule has 0 radical (unpaired) electrons. The minimum absolute atomic E-state index is 0.00685. The molecule has 2 N–H and O–H groups in total. The van der Waals surface area contributed by atoms with Crippen LogP contribution in [0.1, 0.15) is 19.3 Å². The van der Waals surface area contributed by atoms with Gasteiger partial charge in [-0.25, -0.2) is 0 Å². The molecule has 2 atom stereocenters. The highest BCUT2D eigenvalue weighted by Gasteiger charge is 2.26. The summed E-state index contributed by atoms with van der Waals surface area (Å²) < 4.78 is 9.65. The Morgan fingerprint density at radius 3 is 2.87 bits per heavy atom. The van der Waals surface area contributed by atoms with E-state index in [0.717, 1.165) is 12.8 Å². The van der Waals surface area contributed by atoms with Gasteiger partial charge in [-0.15, -0.1) is 0 Å². The van der Waals surface area contributed by atoms with Gasteiger partial charge in [0.15, 0.2) is 0 Å². The molecule has 0 aromatic rings. The zero-order valence-corrected chi connectivity index (χ0v) is 8.90. The number of nitrogens with two attached hydrogens (primary N) is 1. The molecule has 0 aromatic carbocycles. The second-order valence-corrected chi connectivity index (χ2v) is 3.71. The minimum atomic E-state index is -0.843. The fourth-order valence-corrected chi connectivity index (χ4v) is 1.61. The van der Waals surface area contributed by atoms with Crippen molar-refractivity contribution in [3.8, 4) is 0 Å². The van der Waals surface area contributed by atoms with Crippen molar-refractivity contribution in [3.05, 3.63) is 0 Å². The van der Waals surface area contributed by atoms with E-state index >= 15 is 0 Å². The fourth-order valence-electron chi connectivity index (χ4n) is 1.61. The number of hydrogen-bond acceptors (Lipinski definition) is 5. The molecule has 86 valence electrons. The Morgan fingerprint density at radius 2 is 2.33 bits per heavy atom. The van der Waals surface area contributed by atoms with Gasteiger partial charge in [0.2, 0.25) is 0 Å². The maximum Gasteiger partial charge on any atom is 0.323 e. The van der Waals surface area contributed by atoms with Crippen LogP contribution in [0.5, 0.6) is 0 Å². The van der Waals surface area contributed by atoms with Crippen LogP contribution in [0.25, 0.3) is 0 Å². The van der Waals surface area contributed by atoms with Crippen molar-refractivity contribution in [2.45, 2.75) is 25.3 Å². The molecule has 2 unspecified atom stereocenters. The average molecular weight is 215 g/mol. The monoisotopic (exact) mass is 215 g/mol. The standard InChI is InChI=1S/C10H17NO4/c1-14-10(13)8(11)5-9(12)7-3-2-4-15-6-7/h7-8H,2-6,11H2,1H3. The average Bonchev–Trinajstić information content (AvgIpc) is 2.29. The molecule has 1 heterocycles. The predicted molar refractivity (Wildman–Crippen MR) is 53.2 cm³/mol. The van der Waals surface area contributed by atoms with Crippen LogP contribution in [-0.4, -0.2) is 38.1 Å². The lowest BCUT2D eigenvalue weighted by Crippen LogP contribution is -2.37. The maximum atomic E-state index is 11.7. The molecule has 1 aliphatic heterocycles. The molecule has 5 heteroatoms. The van der Waals surface area contributed by atoms with Crippen molar-refractivity contribution in [3.63, 3.8) is 0 Å². The molecule has 0 saturated carbocycles. The summed E-state index contributed by atoms with van der Waals surface area (Å²) in [5.74, 6) is -0.651. The number of esters is 1. The second kappa shape index (κ2) is 5.82. The summed E-state index contributed by atoms with van der Waals surface area (Å²) in [6, 6.07) is -0.843. The van der Waals surface area contributed by atoms with Crippen LogP contribution in [0.15, 0.2) is 0 Å². The third kappa shape index (κ3) is 3.60.